The minimum atomic E-state index is -3.06. The van der Waals surface area contributed by atoms with Crippen LogP contribution in [0, 0.1) is 13.8 Å². The van der Waals surface area contributed by atoms with Crippen LogP contribution in [-0.4, -0.2) is 41.3 Å². The molecule has 0 saturated carbocycles. The van der Waals surface area contributed by atoms with Crippen molar-refractivity contribution in [2.24, 2.45) is 0 Å². The zero-order valence-electron chi connectivity index (χ0n) is 13.4. The second-order valence-corrected chi connectivity index (χ2v) is 8.64. The molecular weight excluding hydrogens is 314 g/mol. The number of amides is 1. The number of hydrogen-bond acceptors (Lipinski definition) is 5. The summed E-state index contributed by atoms with van der Waals surface area (Å²) in [7, 11) is -3.06. The average Bonchev–Trinajstić information content (AvgIpc) is 2.73. The van der Waals surface area contributed by atoms with E-state index in [2.05, 4.69) is 15.3 Å². The third kappa shape index (κ3) is 3.19. The Hall–Kier alpha value is -2.02. The maximum Gasteiger partial charge on any atom is 0.251 e. The minimum absolute atomic E-state index is 0.0164. The molecule has 1 saturated heterocycles. The lowest BCUT2D eigenvalue weighted by Gasteiger charge is -2.23. The Morgan fingerprint density at radius 1 is 1.17 bits per heavy atom. The number of benzene rings is 1. The number of hydrogen-bond donors (Lipinski definition) is 1. The van der Waals surface area contributed by atoms with Gasteiger partial charge in [-0.05, 0) is 45.4 Å². The molecule has 1 aliphatic heterocycles. The second-order valence-electron chi connectivity index (χ2n) is 6.45. The van der Waals surface area contributed by atoms with Gasteiger partial charge < -0.3 is 5.32 Å². The number of aromatic nitrogens is 2. The summed E-state index contributed by atoms with van der Waals surface area (Å²) >= 11 is 0. The Morgan fingerprint density at radius 2 is 1.83 bits per heavy atom. The van der Waals surface area contributed by atoms with Gasteiger partial charge in [-0.25, -0.2) is 18.4 Å². The molecular formula is C16H19N3O3S. The first kappa shape index (κ1) is 15.9. The van der Waals surface area contributed by atoms with Crippen LogP contribution >= 0.6 is 0 Å². The summed E-state index contributed by atoms with van der Waals surface area (Å²) in [6, 6.07) is 5.14. The van der Waals surface area contributed by atoms with Crippen molar-refractivity contribution in [2.75, 3.05) is 11.5 Å². The summed E-state index contributed by atoms with van der Waals surface area (Å²) in [5.74, 6) is -0.186. The molecule has 0 radical (unpaired) electrons. The standard InChI is InChI=1S/C16H19N3O3S/c1-10-11(2)18-14-8-12(4-5-13(14)17-10)15(20)19-16(3)6-7-23(21,22)9-16/h4-5,8H,6-7,9H2,1-3H3,(H,19,20). The molecule has 1 amide bonds. The predicted molar refractivity (Wildman–Crippen MR) is 88.2 cm³/mol. The molecule has 2 aromatic rings. The normalized spacial score (nSPS) is 23.1. The Balaban J connectivity index is 1.88. The molecule has 3 rings (SSSR count). The fourth-order valence-electron chi connectivity index (χ4n) is 2.83. The largest absolute Gasteiger partial charge is 0.346 e. The van der Waals surface area contributed by atoms with Gasteiger partial charge in [-0.15, -0.1) is 0 Å². The van der Waals surface area contributed by atoms with Crippen LogP contribution in [0.1, 0.15) is 35.1 Å². The molecule has 1 N–H and O–H groups in total. The molecule has 1 atom stereocenters. The van der Waals surface area contributed by atoms with Crippen molar-refractivity contribution >= 4 is 26.8 Å². The number of sulfone groups is 1. The Bertz CT molecular complexity index is 908. The van der Waals surface area contributed by atoms with Crippen LogP contribution < -0.4 is 5.32 Å². The molecule has 23 heavy (non-hydrogen) atoms. The third-order valence-electron chi connectivity index (χ3n) is 4.26. The topological polar surface area (TPSA) is 89.0 Å². The van der Waals surface area contributed by atoms with Crippen molar-refractivity contribution in [1.82, 2.24) is 15.3 Å². The molecule has 1 fully saturated rings. The molecule has 0 spiro atoms. The highest BCUT2D eigenvalue weighted by atomic mass is 32.2. The fraction of sp³-hybridized carbons (Fsp3) is 0.438. The van der Waals surface area contributed by atoms with E-state index in [1.807, 2.05) is 13.8 Å². The van der Waals surface area contributed by atoms with Crippen LogP contribution in [0.3, 0.4) is 0 Å². The summed E-state index contributed by atoms with van der Waals surface area (Å²) in [4.78, 5) is 21.3. The first-order valence-corrected chi connectivity index (χ1v) is 9.28. The third-order valence-corrected chi connectivity index (χ3v) is 6.16. The highest BCUT2D eigenvalue weighted by Crippen LogP contribution is 2.23. The number of aryl methyl sites for hydroxylation is 2. The lowest BCUT2D eigenvalue weighted by molar-refractivity contribution is 0.0915. The predicted octanol–water partition coefficient (Wildman–Crippen LogP) is 1.55. The van der Waals surface area contributed by atoms with Gasteiger partial charge in [-0.1, -0.05) is 0 Å². The van der Waals surface area contributed by atoms with Crippen molar-refractivity contribution in [3.8, 4) is 0 Å². The SMILES string of the molecule is Cc1nc2ccc(C(=O)NC3(C)CCS(=O)(=O)C3)cc2nc1C. The van der Waals surface area contributed by atoms with Crippen molar-refractivity contribution in [3.05, 3.63) is 35.2 Å². The van der Waals surface area contributed by atoms with E-state index < -0.39 is 15.4 Å². The van der Waals surface area contributed by atoms with Crippen molar-refractivity contribution in [3.63, 3.8) is 0 Å². The van der Waals surface area contributed by atoms with E-state index in [4.69, 9.17) is 0 Å². The molecule has 7 heteroatoms. The van der Waals surface area contributed by atoms with Gasteiger partial charge in [0.25, 0.3) is 5.91 Å². The van der Waals surface area contributed by atoms with E-state index in [1.165, 1.54) is 0 Å². The van der Waals surface area contributed by atoms with Crippen molar-refractivity contribution in [1.29, 1.82) is 0 Å². The van der Waals surface area contributed by atoms with Gasteiger partial charge in [-0.2, -0.15) is 0 Å². The Labute approximate surface area is 135 Å². The highest BCUT2D eigenvalue weighted by molar-refractivity contribution is 7.91. The van der Waals surface area contributed by atoms with E-state index in [1.54, 1.807) is 25.1 Å². The van der Waals surface area contributed by atoms with Gasteiger partial charge >= 0.3 is 0 Å². The number of fused-ring (bicyclic) bond motifs is 1. The maximum atomic E-state index is 12.5. The van der Waals surface area contributed by atoms with Crippen LogP contribution in [-0.2, 0) is 9.84 Å². The molecule has 0 bridgehead atoms. The molecule has 122 valence electrons. The molecule has 1 aromatic carbocycles. The highest BCUT2D eigenvalue weighted by Gasteiger charge is 2.39. The van der Waals surface area contributed by atoms with E-state index in [-0.39, 0.29) is 17.4 Å². The first-order chi connectivity index (χ1) is 10.7. The summed E-state index contributed by atoms with van der Waals surface area (Å²) < 4.78 is 23.3. The van der Waals surface area contributed by atoms with Crippen molar-refractivity contribution < 1.29 is 13.2 Å². The molecule has 2 heterocycles. The zero-order chi connectivity index (χ0) is 16.8. The molecule has 1 unspecified atom stereocenters. The summed E-state index contributed by atoms with van der Waals surface area (Å²) in [6.45, 7) is 5.53. The Kier molecular flexibility index (Phi) is 3.63. The summed E-state index contributed by atoms with van der Waals surface area (Å²) in [6.07, 6.45) is 0.437. The van der Waals surface area contributed by atoms with Crippen LogP contribution in [0.15, 0.2) is 18.2 Å². The molecule has 1 aromatic heterocycles. The van der Waals surface area contributed by atoms with Gasteiger partial charge in [0.15, 0.2) is 9.84 Å². The first-order valence-electron chi connectivity index (χ1n) is 7.45. The van der Waals surface area contributed by atoms with Crippen LogP contribution in [0.2, 0.25) is 0 Å². The second kappa shape index (κ2) is 5.26. The molecule has 1 aliphatic rings. The van der Waals surface area contributed by atoms with E-state index in [0.717, 1.165) is 16.9 Å². The molecule has 6 nitrogen and oxygen atoms in total. The van der Waals surface area contributed by atoms with E-state index >= 15 is 0 Å². The number of carbonyl (C=O) groups is 1. The maximum absolute atomic E-state index is 12.5. The van der Waals surface area contributed by atoms with Gasteiger partial charge in [0.2, 0.25) is 0 Å². The monoisotopic (exact) mass is 333 g/mol. The van der Waals surface area contributed by atoms with E-state index in [9.17, 15) is 13.2 Å². The average molecular weight is 333 g/mol. The quantitative estimate of drug-likeness (QED) is 0.901. The van der Waals surface area contributed by atoms with Crippen molar-refractivity contribution in [2.45, 2.75) is 32.7 Å². The van der Waals surface area contributed by atoms with Crippen LogP contribution in [0.5, 0.6) is 0 Å². The summed E-state index contributed by atoms with van der Waals surface area (Å²) in [5.41, 5.74) is 2.83. The van der Waals surface area contributed by atoms with Gasteiger partial charge in [-0.3, -0.25) is 4.79 Å². The Morgan fingerprint density at radius 3 is 2.43 bits per heavy atom. The molecule has 0 aliphatic carbocycles. The number of rotatable bonds is 2. The lowest BCUT2D eigenvalue weighted by atomic mass is 10.0. The lowest BCUT2D eigenvalue weighted by Crippen LogP contribution is -2.46. The van der Waals surface area contributed by atoms with E-state index in [0.29, 0.717) is 17.5 Å². The van der Waals surface area contributed by atoms with Gasteiger partial charge in [0.1, 0.15) is 0 Å². The number of nitrogens with one attached hydrogen (secondary N) is 1. The zero-order valence-corrected chi connectivity index (χ0v) is 14.2. The summed E-state index contributed by atoms with van der Waals surface area (Å²) in [5, 5.41) is 2.85. The number of carbonyl (C=O) groups excluding carboxylic acids is 1. The van der Waals surface area contributed by atoms with Crippen LogP contribution in [0.25, 0.3) is 11.0 Å². The van der Waals surface area contributed by atoms with Crippen LogP contribution in [0.4, 0.5) is 0 Å². The van der Waals surface area contributed by atoms with Gasteiger partial charge in [0, 0.05) is 5.56 Å². The smallest absolute Gasteiger partial charge is 0.251 e. The fourth-order valence-corrected chi connectivity index (χ4v) is 4.92. The van der Waals surface area contributed by atoms with Gasteiger partial charge in [0.05, 0.1) is 39.5 Å². The number of nitrogens with zero attached hydrogens (tertiary/aromatic N) is 2. The minimum Gasteiger partial charge on any atom is -0.346 e.